The molecule has 1 unspecified atom stereocenters. The Kier molecular flexibility index (Phi) is 3.48. The highest BCUT2D eigenvalue weighted by molar-refractivity contribution is 6.30. The van der Waals surface area contributed by atoms with Crippen LogP contribution >= 0.6 is 11.6 Å². The van der Waals surface area contributed by atoms with E-state index in [1.165, 1.54) is 0 Å². The van der Waals surface area contributed by atoms with E-state index in [1.807, 2.05) is 31.3 Å². The Bertz CT molecular complexity index is 425. The van der Waals surface area contributed by atoms with Crippen molar-refractivity contribution in [3.8, 4) is 0 Å². The predicted octanol–water partition coefficient (Wildman–Crippen LogP) is 1.20. The van der Waals surface area contributed by atoms with Gasteiger partial charge in [-0.05, 0) is 24.7 Å². The minimum Gasteiger partial charge on any atom is -0.319 e. The maximum Gasteiger partial charge on any atom is 0.183 e. The van der Waals surface area contributed by atoms with Gasteiger partial charge >= 0.3 is 0 Å². The quantitative estimate of drug-likeness (QED) is 0.839. The van der Waals surface area contributed by atoms with Gasteiger partial charge in [0, 0.05) is 11.6 Å². The number of nitrogens with zero attached hydrogens (tertiary/aromatic N) is 3. The molecule has 0 saturated carbocycles. The van der Waals surface area contributed by atoms with Crippen molar-refractivity contribution in [2.45, 2.75) is 5.92 Å². The molecule has 2 N–H and O–H groups in total. The maximum absolute atomic E-state index is 5.85. The lowest BCUT2D eigenvalue weighted by Crippen LogP contribution is -2.19. The van der Waals surface area contributed by atoms with Crippen LogP contribution < -0.4 is 5.32 Å². The second-order valence-electron chi connectivity index (χ2n) is 3.43. The molecule has 1 atom stereocenters. The SMILES string of the molecule is CNCC(c1ccc(Cl)cc1)c1nn[nH]n1. The standard InChI is InChI=1S/C10H12ClN5/c1-12-6-9(10-13-15-16-14-10)7-2-4-8(11)5-3-7/h2-5,9,12H,6H2,1H3,(H,13,14,15,16). The van der Waals surface area contributed by atoms with Crippen molar-refractivity contribution in [2.24, 2.45) is 0 Å². The summed E-state index contributed by atoms with van der Waals surface area (Å²) in [4.78, 5) is 0. The van der Waals surface area contributed by atoms with E-state index < -0.39 is 0 Å². The predicted molar refractivity (Wildman–Crippen MR) is 61.4 cm³/mol. The highest BCUT2D eigenvalue weighted by atomic mass is 35.5. The van der Waals surface area contributed by atoms with Gasteiger partial charge in [0.15, 0.2) is 5.82 Å². The molecular formula is C10H12ClN5. The van der Waals surface area contributed by atoms with Gasteiger partial charge in [-0.2, -0.15) is 5.21 Å². The van der Waals surface area contributed by atoms with E-state index in [1.54, 1.807) is 0 Å². The summed E-state index contributed by atoms with van der Waals surface area (Å²) in [6.07, 6.45) is 0. The molecule has 1 heterocycles. The molecule has 2 aromatic rings. The molecule has 0 fully saturated rings. The summed E-state index contributed by atoms with van der Waals surface area (Å²) in [6, 6.07) is 7.67. The van der Waals surface area contributed by atoms with E-state index in [4.69, 9.17) is 11.6 Å². The molecule has 16 heavy (non-hydrogen) atoms. The number of hydrogen-bond acceptors (Lipinski definition) is 4. The molecule has 5 nitrogen and oxygen atoms in total. The molecule has 0 spiro atoms. The number of hydrogen-bond donors (Lipinski definition) is 2. The van der Waals surface area contributed by atoms with Crippen molar-refractivity contribution in [2.75, 3.05) is 13.6 Å². The number of tetrazole rings is 1. The minimum atomic E-state index is 0.0843. The Hall–Kier alpha value is -1.46. The van der Waals surface area contributed by atoms with Crippen LogP contribution in [0.3, 0.4) is 0 Å². The van der Waals surface area contributed by atoms with Gasteiger partial charge in [0.2, 0.25) is 0 Å². The molecule has 1 aromatic heterocycles. The van der Waals surface area contributed by atoms with Crippen LogP contribution in [0.4, 0.5) is 0 Å². The van der Waals surface area contributed by atoms with Crippen molar-refractivity contribution in [3.05, 3.63) is 40.7 Å². The third-order valence-electron chi connectivity index (χ3n) is 2.35. The maximum atomic E-state index is 5.85. The van der Waals surface area contributed by atoms with E-state index in [-0.39, 0.29) is 5.92 Å². The number of nitrogens with one attached hydrogen (secondary N) is 2. The number of rotatable bonds is 4. The highest BCUT2D eigenvalue weighted by Gasteiger charge is 2.17. The van der Waals surface area contributed by atoms with Gasteiger partial charge < -0.3 is 5.32 Å². The van der Waals surface area contributed by atoms with Crippen molar-refractivity contribution in [3.63, 3.8) is 0 Å². The van der Waals surface area contributed by atoms with Gasteiger partial charge in [0.1, 0.15) is 0 Å². The molecule has 0 radical (unpaired) electrons. The average molecular weight is 238 g/mol. The van der Waals surface area contributed by atoms with E-state index in [9.17, 15) is 0 Å². The number of aromatic amines is 1. The lowest BCUT2D eigenvalue weighted by molar-refractivity contribution is 0.672. The number of aromatic nitrogens is 4. The fourth-order valence-electron chi connectivity index (χ4n) is 1.57. The number of halogens is 1. The van der Waals surface area contributed by atoms with Crippen LogP contribution in [0.2, 0.25) is 5.02 Å². The molecule has 6 heteroatoms. The number of benzene rings is 1. The first-order valence-electron chi connectivity index (χ1n) is 4.94. The lowest BCUT2D eigenvalue weighted by atomic mass is 9.98. The van der Waals surface area contributed by atoms with E-state index in [0.29, 0.717) is 5.82 Å². The smallest absolute Gasteiger partial charge is 0.183 e. The zero-order valence-electron chi connectivity index (χ0n) is 8.81. The average Bonchev–Trinajstić information content (AvgIpc) is 2.81. The second kappa shape index (κ2) is 5.05. The fraction of sp³-hybridized carbons (Fsp3) is 0.300. The van der Waals surface area contributed by atoms with Crippen molar-refractivity contribution in [1.29, 1.82) is 0 Å². The van der Waals surface area contributed by atoms with E-state index in [0.717, 1.165) is 17.1 Å². The van der Waals surface area contributed by atoms with Crippen molar-refractivity contribution >= 4 is 11.6 Å². The van der Waals surface area contributed by atoms with Crippen LogP contribution in [0.15, 0.2) is 24.3 Å². The first kappa shape index (κ1) is 11.0. The van der Waals surface area contributed by atoms with Crippen LogP contribution in [-0.4, -0.2) is 34.2 Å². The first-order valence-corrected chi connectivity index (χ1v) is 5.32. The summed E-state index contributed by atoms with van der Waals surface area (Å²) in [5.41, 5.74) is 1.11. The summed E-state index contributed by atoms with van der Waals surface area (Å²) >= 11 is 5.85. The first-order chi connectivity index (χ1) is 7.81. The zero-order chi connectivity index (χ0) is 11.4. The Morgan fingerprint density at radius 2 is 2.12 bits per heavy atom. The third-order valence-corrected chi connectivity index (χ3v) is 2.61. The van der Waals surface area contributed by atoms with Crippen LogP contribution in [0.1, 0.15) is 17.3 Å². The summed E-state index contributed by atoms with van der Waals surface area (Å²) in [5.74, 6) is 0.762. The van der Waals surface area contributed by atoms with E-state index >= 15 is 0 Å². The molecule has 0 bridgehead atoms. The Morgan fingerprint density at radius 3 is 2.69 bits per heavy atom. The van der Waals surface area contributed by atoms with Crippen LogP contribution in [0.25, 0.3) is 0 Å². The van der Waals surface area contributed by atoms with E-state index in [2.05, 4.69) is 25.9 Å². The summed E-state index contributed by atoms with van der Waals surface area (Å²) in [7, 11) is 1.89. The number of H-pyrrole nitrogens is 1. The van der Waals surface area contributed by atoms with Crippen LogP contribution in [0, 0.1) is 0 Å². The van der Waals surface area contributed by atoms with Crippen molar-refractivity contribution < 1.29 is 0 Å². The molecule has 0 aliphatic carbocycles. The fourth-order valence-corrected chi connectivity index (χ4v) is 1.70. The zero-order valence-corrected chi connectivity index (χ0v) is 9.57. The lowest BCUT2D eigenvalue weighted by Gasteiger charge is -2.12. The molecule has 84 valence electrons. The number of likely N-dealkylation sites (N-methyl/N-ethyl adjacent to an activating group) is 1. The topological polar surface area (TPSA) is 66.5 Å². The minimum absolute atomic E-state index is 0.0843. The summed E-state index contributed by atoms with van der Waals surface area (Å²) < 4.78 is 0. The van der Waals surface area contributed by atoms with Gasteiger partial charge in [0.25, 0.3) is 0 Å². The Balaban J connectivity index is 2.29. The van der Waals surface area contributed by atoms with Gasteiger partial charge in [0.05, 0.1) is 5.92 Å². The normalized spacial score (nSPS) is 12.6. The monoisotopic (exact) mass is 237 g/mol. The summed E-state index contributed by atoms with van der Waals surface area (Å²) in [5, 5.41) is 17.9. The molecule has 0 amide bonds. The van der Waals surface area contributed by atoms with Crippen LogP contribution in [0.5, 0.6) is 0 Å². The Morgan fingerprint density at radius 1 is 1.38 bits per heavy atom. The van der Waals surface area contributed by atoms with Gasteiger partial charge in [-0.15, -0.1) is 10.2 Å². The van der Waals surface area contributed by atoms with Crippen molar-refractivity contribution in [1.82, 2.24) is 25.9 Å². The molecule has 0 saturated heterocycles. The second-order valence-corrected chi connectivity index (χ2v) is 3.87. The largest absolute Gasteiger partial charge is 0.319 e. The third kappa shape index (κ3) is 2.37. The molecular weight excluding hydrogens is 226 g/mol. The highest BCUT2D eigenvalue weighted by Crippen LogP contribution is 2.21. The van der Waals surface area contributed by atoms with Crippen LogP contribution in [-0.2, 0) is 0 Å². The van der Waals surface area contributed by atoms with Gasteiger partial charge in [-0.1, -0.05) is 28.9 Å². The van der Waals surface area contributed by atoms with Gasteiger partial charge in [-0.25, -0.2) is 0 Å². The Labute approximate surface area is 98.2 Å². The van der Waals surface area contributed by atoms with Gasteiger partial charge in [-0.3, -0.25) is 0 Å². The molecule has 0 aliphatic rings. The molecule has 0 aliphatic heterocycles. The summed E-state index contributed by atoms with van der Waals surface area (Å²) in [6.45, 7) is 0.751. The molecule has 1 aromatic carbocycles. The molecule has 2 rings (SSSR count).